The first-order valence-corrected chi connectivity index (χ1v) is 9.89. The summed E-state index contributed by atoms with van der Waals surface area (Å²) in [6, 6.07) is 8.60. The van der Waals surface area contributed by atoms with Gasteiger partial charge in [0.1, 0.15) is 0 Å². The molecule has 2 heterocycles. The van der Waals surface area contributed by atoms with E-state index in [4.69, 9.17) is 0 Å². The van der Waals surface area contributed by atoms with Crippen LogP contribution in [0.5, 0.6) is 0 Å². The minimum atomic E-state index is 0. The van der Waals surface area contributed by atoms with Crippen molar-refractivity contribution in [2.24, 2.45) is 5.92 Å². The second-order valence-corrected chi connectivity index (χ2v) is 7.59. The summed E-state index contributed by atoms with van der Waals surface area (Å²) in [5.74, 6) is 0.937. The van der Waals surface area contributed by atoms with E-state index in [1.54, 1.807) is 6.33 Å². The Morgan fingerprint density at radius 1 is 1.07 bits per heavy atom. The van der Waals surface area contributed by atoms with Gasteiger partial charge < -0.3 is 10.3 Å². The van der Waals surface area contributed by atoms with Crippen LogP contribution in [0.3, 0.4) is 0 Å². The molecule has 1 aliphatic carbocycles. The van der Waals surface area contributed by atoms with Crippen LogP contribution < -0.4 is 5.32 Å². The highest BCUT2D eigenvalue weighted by atomic mass is 35.5. The third-order valence-corrected chi connectivity index (χ3v) is 5.66. The molecule has 0 bridgehead atoms. The molecule has 152 valence electrons. The summed E-state index contributed by atoms with van der Waals surface area (Å²) < 4.78 is 0. The lowest BCUT2D eigenvalue weighted by molar-refractivity contribution is 0.333. The minimum absolute atomic E-state index is 0. The molecule has 2 aromatic heterocycles. The number of nitrogens with zero attached hydrogens (tertiary/aromatic N) is 2. The molecule has 28 heavy (non-hydrogen) atoms. The number of hydrogen-bond acceptors (Lipinski definition) is 3. The Morgan fingerprint density at radius 2 is 1.89 bits per heavy atom. The molecule has 1 fully saturated rings. The number of fused-ring (bicyclic) bond motifs is 1. The lowest BCUT2D eigenvalue weighted by Gasteiger charge is -2.21. The predicted molar refractivity (Wildman–Crippen MR) is 121 cm³/mol. The van der Waals surface area contributed by atoms with Crippen LogP contribution in [0, 0.1) is 12.8 Å². The Bertz CT molecular complexity index is 855. The number of H-pyrrole nitrogens is 1. The molecular formula is C22H30Cl2N4. The zero-order valence-corrected chi connectivity index (χ0v) is 18.0. The van der Waals surface area contributed by atoms with E-state index in [1.807, 2.05) is 6.20 Å². The summed E-state index contributed by atoms with van der Waals surface area (Å²) >= 11 is 0. The first kappa shape index (κ1) is 22.7. The van der Waals surface area contributed by atoms with Crippen LogP contribution in [-0.2, 0) is 6.54 Å². The average Bonchev–Trinajstić information content (AvgIpc) is 3.13. The molecule has 0 radical (unpaired) electrons. The lowest BCUT2D eigenvalue weighted by atomic mass is 9.87. The van der Waals surface area contributed by atoms with E-state index in [9.17, 15) is 0 Å². The lowest BCUT2D eigenvalue weighted by Crippen LogP contribution is -2.19. The van der Waals surface area contributed by atoms with E-state index in [0.717, 1.165) is 41.3 Å². The summed E-state index contributed by atoms with van der Waals surface area (Å²) in [5.41, 5.74) is 6.78. The van der Waals surface area contributed by atoms with Crippen LogP contribution in [0.25, 0.3) is 22.2 Å². The van der Waals surface area contributed by atoms with Crippen molar-refractivity contribution in [3.05, 3.63) is 48.0 Å². The number of imidazole rings is 1. The first-order valence-electron chi connectivity index (χ1n) is 9.89. The predicted octanol–water partition coefficient (Wildman–Crippen LogP) is 5.84. The second kappa shape index (κ2) is 10.8. The molecule has 0 aliphatic heterocycles. The van der Waals surface area contributed by atoms with Crippen molar-refractivity contribution in [1.82, 2.24) is 20.3 Å². The number of benzene rings is 1. The molecule has 4 nitrogen and oxygen atoms in total. The van der Waals surface area contributed by atoms with E-state index in [1.165, 1.54) is 49.7 Å². The zero-order chi connectivity index (χ0) is 17.8. The normalized spacial score (nSPS) is 14.5. The monoisotopic (exact) mass is 420 g/mol. The molecule has 6 heteroatoms. The van der Waals surface area contributed by atoms with Gasteiger partial charge in [0.05, 0.1) is 23.1 Å². The highest BCUT2D eigenvalue weighted by molar-refractivity contribution is 5.85. The maximum atomic E-state index is 4.66. The second-order valence-electron chi connectivity index (χ2n) is 7.59. The number of halogens is 2. The Kier molecular flexibility index (Phi) is 8.74. The molecule has 0 atom stereocenters. The molecule has 0 saturated heterocycles. The fraction of sp³-hybridized carbons (Fsp3) is 0.455. The fourth-order valence-electron chi connectivity index (χ4n) is 4.09. The molecule has 1 saturated carbocycles. The highest BCUT2D eigenvalue weighted by Gasteiger charge is 2.12. The van der Waals surface area contributed by atoms with E-state index in [-0.39, 0.29) is 24.8 Å². The molecule has 3 aromatic rings. The third-order valence-electron chi connectivity index (χ3n) is 5.66. The van der Waals surface area contributed by atoms with Gasteiger partial charge >= 0.3 is 0 Å². The molecule has 2 N–H and O–H groups in total. The van der Waals surface area contributed by atoms with Gasteiger partial charge in [0.25, 0.3) is 0 Å². The topological polar surface area (TPSA) is 53.6 Å². The van der Waals surface area contributed by atoms with E-state index in [0.29, 0.717) is 0 Å². The highest BCUT2D eigenvalue weighted by Crippen LogP contribution is 2.27. The van der Waals surface area contributed by atoms with Crippen molar-refractivity contribution >= 4 is 35.8 Å². The number of rotatable bonds is 6. The number of pyridine rings is 1. The van der Waals surface area contributed by atoms with Crippen molar-refractivity contribution in [1.29, 1.82) is 0 Å². The average molecular weight is 421 g/mol. The maximum absolute atomic E-state index is 4.66. The molecule has 4 rings (SSSR count). The van der Waals surface area contributed by atoms with Crippen LogP contribution in [0.15, 0.2) is 36.8 Å². The number of hydrogen-bond donors (Lipinski definition) is 2. The van der Waals surface area contributed by atoms with Gasteiger partial charge in [-0.25, -0.2) is 4.98 Å². The Balaban J connectivity index is 0.00000140. The standard InChI is InChI=1S/C22H28N4.2ClH/c1-16-11-21-22(26-15-25-21)12-20(16)18-7-8-19(24-13-18)14-23-10-9-17-5-3-2-4-6-17;;/h7-8,11-13,15,17,23H,2-6,9-10,14H2,1H3,(H,25,26);2*1H. The summed E-state index contributed by atoms with van der Waals surface area (Å²) in [6.45, 7) is 4.09. The van der Waals surface area contributed by atoms with Crippen molar-refractivity contribution in [2.45, 2.75) is 52.0 Å². The van der Waals surface area contributed by atoms with Crippen molar-refractivity contribution in [2.75, 3.05) is 6.54 Å². The van der Waals surface area contributed by atoms with Crippen LogP contribution in [-0.4, -0.2) is 21.5 Å². The largest absolute Gasteiger partial charge is 0.345 e. The van der Waals surface area contributed by atoms with Crippen molar-refractivity contribution < 1.29 is 0 Å². The minimum Gasteiger partial charge on any atom is -0.345 e. The quantitative estimate of drug-likeness (QED) is 0.492. The van der Waals surface area contributed by atoms with Gasteiger partial charge in [-0.05, 0) is 55.1 Å². The molecule has 0 spiro atoms. The first-order chi connectivity index (χ1) is 12.8. The molecule has 1 aromatic carbocycles. The number of aromatic amines is 1. The van der Waals surface area contributed by atoms with E-state index in [2.05, 4.69) is 51.5 Å². The Hall–Kier alpha value is -1.62. The summed E-state index contributed by atoms with van der Waals surface area (Å²) in [5, 5.41) is 3.56. The Labute approximate surface area is 179 Å². The van der Waals surface area contributed by atoms with Gasteiger partial charge in [0.2, 0.25) is 0 Å². The molecule has 0 unspecified atom stereocenters. The zero-order valence-electron chi connectivity index (χ0n) is 16.4. The van der Waals surface area contributed by atoms with E-state index < -0.39 is 0 Å². The molecule has 1 aliphatic rings. The smallest absolute Gasteiger partial charge is 0.0931 e. The van der Waals surface area contributed by atoms with Crippen LogP contribution in [0.1, 0.15) is 49.8 Å². The number of nitrogens with one attached hydrogen (secondary N) is 2. The molecular weight excluding hydrogens is 391 g/mol. The number of aromatic nitrogens is 3. The van der Waals surface area contributed by atoms with Gasteiger partial charge in [0, 0.05) is 18.3 Å². The molecule has 0 amide bonds. The van der Waals surface area contributed by atoms with E-state index >= 15 is 0 Å². The van der Waals surface area contributed by atoms with Crippen molar-refractivity contribution in [3.8, 4) is 11.1 Å². The van der Waals surface area contributed by atoms with Gasteiger partial charge in [-0.2, -0.15) is 0 Å². The Morgan fingerprint density at radius 3 is 2.64 bits per heavy atom. The van der Waals surface area contributed by atoms with Crippen LogP contribution in [0.4, 0.5) is 0 Å². The van der Waals surface area contributed by atoms with Gasteiger partial charge in [-0.3, -0.25) is 4.98 Å². The summed E-state index contributed by atoms with van der Waals surface area (Å²) in [6.07, 6.45) is 12.2. The fourth-order valence-corrected chi connectivity index (χ4v) is 4.09. The third kappa shape index (κ3) is 5.47. The number of aryl methyl sites for hydroxylation is 1. The summed E-state index contributed by atoms with van der Waals surface area (Å²) in [7, 11) is 0. The van der Waals surface area contributed by atoms with Crippen LogP contribution in [0.2, 0.25) is 0 Å². The SMILES string of the molecule is Cc1cc2[nH]cnc2cc1-c1ccc(CNCCC2CCCCC2)nc1.Cl.Cl. The maximum Gasteiger partial charge on any atom is 0.0931 e. The van der Waals surface area contributed by atoms with Crippen LogP contribution >= 0.6 is 24.8 Å². The van der Waals surface area contributed by atoms with Gasteiger partial charge in [0.15, 0.2) is 0 Å². The summed E-state index contributed by atoms with van der Waals surface area (Å²) in [4.78, 5) is 12.2. The van der Waals surface area contributed by atoms with Crippen molar-refractivity contribution in [3.63, 3.8) is 0 Å². The van der Waals surface area contributed by atoms with Gasteiger partial charge in [-0.1, -0.05) is 38.2 Å². The van der Waals surface area contributed by atoms with Gasteiger partial charge in [-0.15, -0.1) is 24.8 Å².